The molecule has 1 atom stereocenters. The minimum atomic E-state index is -4.14. The molecule has 0 heterocycles. The lowest BCUT2D eigenvalue weighted by atomic mass is 9.84. The second-order valence-corrected chi connectivity index (χ2v) is 15.0. The van der Waals surface area contributed by atoms with Crippen LogP contribution in [0.5, 0.6) is 0 Å². The molecule has 0 saturated heterocycles. The number of hydrogen-bond acceptors (Lipinski definition) is 3. The van der Waals surface area contributed by atoms with Crippen molar-refractivity contribution in [3.05, 3.63) is 154 Å². The van der Waals surface area contributed by atoms with Crippen LogP contribution in [0, 0.1) is 6.92 Å². The van der Waals surface area contributed by atoms with Crippen LogP contribution in [0.3, 0.4) is 0 Å². The Kier molecular flexibility index (Phi) is 10.4. The van der Waals surface area contributed by atoms with Crippen molar-refractivity contribution in [2.75, 3.05) is 12.3 Å². The van der Waals surface area contributed by atoms with Crippen molar-refractivity contribution in [2.45, 2.75) is 45.4 Å². The third-order valence-electron chi connectivity index (χ3n) is 8.51. The largest absolute Gasteiger partial charge is 0.351 e. The minimum Gasteiger partial charge on any atom is -0.351 e. The van der Waals surface area contributed by atoms with Crippen molar-refractivity contribution in [1.82, 2.24) is 5.32 Å². The van der Waals surface area contributed by atoms with Gasteiger partial charge in [0, 0.05) is 23.0 Å². The van der Waals surface area contributed by atoms with E-state index in [4.69, 9.17) is 16.2 Å². The first-order chi connectivity index (χ1) is 22.3. The van der Waals surface area contributed by atoms with Gasteiger partial charge in [0.25, 0.3) is 16.0 Å². The van der Waals surface area contributed by atoms with Gasteiger partial charge >= 0.3 is 0 Å². The molecule has 5 nitrogen and oxygen atoms in total. The lowest BCUT2D eigenvalue weighted by Gasteiger charge is -2.20. The molecule has 0 bridgehead atoms. The number of carbonyl (C=O) groups is 1. The fraction of sp³-hybridized carbons (Fsp3) is 0.225. The van der Waals surface area contributed by atoms with E-state index in [9.17, 15) is 13.2 Å². The first-order valence-corrected chi connectivity index (χ1v) is 17.7. The average molecular weight is 666 g/mol. The molecule has 1 unspecified atom stereocenters. The van der Waals surface area contributed by atoms with Crippen LogP contribution >= 0.6 is 11.6 Å². The predicted molar refractivity (Wildman–Crippen MR) is 193 cm³/mol. The zero-order valence-corrected chi connectivity index (χ0v) is 28.7. The van der Waals surface area contributed by atoms with Crippen molar-refractivity contribution < 1.29 is 17.8 Å². The van der Waals surface area contributed by atoms with E-state index in [1.807, 2.05) is 24.3 Å². The highest BCUT2D eigenvalue weighted by molar-refractivity contribution is 7.85. The summed E-state index contributed by atoms with van der Waals surface area (Å²) in [4.78, 5) is 12.5. The van der Waals surface area contributed by atoms with Gasteiger partial charge in [0.15, 0.2) is 0 Å². The zero-order valence-electron chi connectivity index (χ0n) is 27.1. The van der Waals surface area contributed by atoms with Gasteiger partial charge in [-0.05, 0) is 93.1 Å². The van der Waals surface area contributed by atoms with E-state index in [1.165, 1.54) is 22.3 Å². The van der Waals surface area contributed by atoms with Crippen LogP contribution in [0.25, 0.3) is 22.3 Å². The summed E-state index contributed by atoms with van der Waals surface area (Å²) < 4.78 is 30.9. The second kappa shape index (κ2) is 14.3. The van der Waals surface area contributed by atoms with Crippen LogP contribution in [0.4, 0.5) is 0 Å². The van der Waals surface area contributed by atoms with Gasteiger partial charge in [-0.3, -0.25) is 9.35 Å². The molecule has 0 aliphatic heterocycles. The van der Waals surface area contributed by atoms with Gasteiger partial charge in [-0.2, -0.15) is 8.42 Å². The summed E-state index contributed by atoms with van der Waals surface area (Å²) in [5.74, 6) is -0.867. The molecule has 0 aliphatic carbocycles. The van der Waals surface area contributed by atoms with Crippen molar-refractivity contribution in [2.24, 2.45) is 0 Å². The number of amides is 1. The standard InChI is InChI=1S/C40H40ClNO4S/c1-27-25-36(41)21-22-37(27)31-13-15-33(16-14-31)38(26-28-5-7-34(8-6-28)39(43)42-23-24-47(44,45)46)32-11-9-29(10-12-32)30-17-19-35(20-18-30)40(2,3)4/h5-22,25,38H,23-24,26H2,1-4H3,(H,42,43)(H,44,45,46). The summed E-state index contributed by atoms with van der Waals surface area (Å²) in [5, 5.41) is 3.26. The highest BCUT2D eigenvalue weighted by Gasteiger charge is 2.18. The van der Waals surface area contributed by atoms with Crippen LogP contribution in [-0.4, -0.2) is 31.2 Å². The molecular weight excluding hydrogens is 626 g/mol. The van der Waals surface area contributed by atoms with E-state index in [1.54, 1.807) is 12.1 Å². The summed E-state index contributed by atoms with van der Waals surface area (Å²) in [6.07, 6.45) is 0.712. The van der Waals surface area contributed by atoms with Crippen molar-refractivity contribution >= 4 is 27.6 Å². The second-order valence-electron chi connectivity index (χ2n) is 13.0. The SMILES string of the molecule is Cc1cc(Cl)ccc1-c1ccc(C(Cc2ccc(C(=O)NCCS(=O)(=O)O)cc2)c2ccc(-c3ccc(C(C)(C)C)cc3)cc2)cc1. The maximum Gasteiger partial charge on any atom is 0.266 e. The van der Waals surface area contributed by atoms with Gasteiger partial charge in [0.1, 0.15) is 0 Å². The third-order valence-corrected chi connectivity index (χ3v) is 9.47. The van der Waals surface area contributed by atoms with Crippen molar-refractivity contribution in [3.63, 3.8) is 0 Å². The lowest BCUT2D eigenvalue weighted by Crippen LogP contribution is -2.28. The fourth-order valence-corrected chi connectivity index (χ4v) is 6.35. The number of nitrogens with one attached hydrogen (secondary N) is 1. The molecule has 0 radical (unpaired) electrons. The normalized spacial score (nSPS) is 12.5. The number of halogens is 1. The average Bonchev–Trinajstić information content (AvgIpc) is 3.03. The molecule has 47 heavy (non-hydrogen) atoms. The van der Waals surface area contributed by atoms with E-state index in [2.05, 4.69) is 112 Å². The topological polar surface area (TPSA) is 83.5 Å². The molecule has 5 rings (SSSR count). The number of benzene rings is 5. The van der Waals surface area contributed by atoms with Crippen molar-refractivity contribution in [1.29, 1.82) is 0 Å². The summed E-state index contributed by atoms with van der Waals surface area (Å²) in [6.45, 7) is 8.56. The summed E-state index contributed by atoms with van der Waals surface area (Å²) in [5.41, 5.74) is 11.0. The molecular formula is C40H40ClNO4S. The van der Waals surface area contributed by atoms with Gasteiger partial charge in [-0.25, -0.2) is 0 Å². The maximum absolute atomic E-state index is 12.5. The van der Waals surface area contributed by atoms with E-state index in [0.29, 0.717) is 12.0 Å². The highest BCUT2D eigenvalue weighted by Crippen LogP contribution is 2.34. The molecule has 0 spiro atoms. The molecule has 242 valence electrons. The van der Waals surface area contributed by atoms with Crippen LogP contribution in [0.1, 0.15) is 64.9 Å². The summed E-state index contributed by atoms with van der Waals surface area (Å²) in [6, 6.07) is 39.5. The van der Waals surface area contributed by atoms with Crippen LogP contribution in [0.2, 0.25) is 5.02 Å². The maximum atomic E-state index is 12.5. The third kappa shape index (κ3) is 8.98. The van der Waals surface area contributed by atoms with Crippen molar-refractivity contribution in [3.8, 4) is 22.3 Å². The molecule has 7 heteroatoms. The summed E-state index contributed by atoms with van der Waals surface area (Å²) >= 11 is 6.20. The van der Waals surface area contributed by atoms with Gasteiger partial charge in [-0.15, -0.1) is 0 Å². The number of carbonyl (C=O) groups excluding carboxylic acids is 1. The van der Waals surface area contributed by atoms with E-state index < -0.39 is 21.8 Å². The van der Waals surface area contributed by atoms with Crippen LogP contribution in [0.15, 0.2) is 115 Å². The molecule has 0 fully saturated rings. The molecule has 1 amide bonds. The molecule has 0 aliphatic rings. The highest BCUT2D eigenvalue weighted by atomic mass is 35.5. The van der Waals surface area contributed by atoms with Gasteiger partial charge < -0.3 is 5.32 Å². The van der Waals surface area contributed by atoms with Crippen LogP contribution in [-0.2, 0) is 22.0 Å². The Hall–Kier alpha value is -4.23. The number of aryl methyl sites for hydroxylation is 1. The Labute approximate surface area is 283 Å². The quantitative estimate of drug-likeness (QED) is 0.146. The van der Waals surface area contributed by atoms with Gasteiger partial charge in [0.05, 0.1) is 5.75 Å². The minimum absolute atomic E-state index is 0.0575. The molecule has 0 saturated carbocycles. The fourth-order valence-electron chi connectivity index (χ4n) is 5.77. The molecule has 2 N–H and O–H groups in total. The summed E-state index contributed by atoms with van der Waals surface area (Å²) in [7, 11) is -4.14. The smallest absolute Gasteiger partial charge is 0.266 e. The van der Waals surface area contributed by atoms with Gasteiger partial charge in [0.2, 0.25) is 0 Å². The monoisotopic (exact) mass is 665 g/mol. The van der Waals surface area contributed by atoms with E-state index in [-0.39, 0.29) is 17.9 Å². The first-order valence-electron chi connectivity index (χ1n) is 15.7. The Bertz CT molecular complexity index is 1940. The Morgan fingerprint density at radius 2 is 1.30 bits per heavy atom. The number of rotatable bonds is 10. The van der Waals surface area contributed by atoms with Crippen LogP contribution < -0.4 is 5.32 Å². The zero-order chi connectivity index (χ0) is 33.8. The molecule has 5 aromatic carbocycles. The predicted octanol–water partition coefficient (Wildman–Crippen LogP) is 9.27. The number of hydrogen-bond donors (Lipinski definition) is 2. The van der Waals surface area contributed by atoms with E-state index >= 15 is 0 Å². The lowest BCUT2D eigenvalue weighted by molar-refractivity contribution is 0.0956. The Morgan fingerprint density at radius 1 is 0.766 bits per heavy atom. The Balaban J connectivity index is 1.41. The molecule has 5 aromatic rings. The Morgan fingerprint density at radius 3 is 1.81 bits per heavy atom. The first kappa shape index (κ1) is 34.1. The molecule has 0 aromatic heterocycles. The van der Waals surface area contributed by atoms with Gasteiger partial charge in [-0.1, -0.05) is 123 Å². The van der Waals surface area contributed by atoms with E-state index in [0.717, 1.165) is 32.8 Å².